The fourth-order valence-corrected chi connectivity index (χ4v) is 0.237. The van der Waals surface area contributed by atoms with Crippen molar-refractivity contribution in [2.24, 2.45) is 5.73 Å². The van der Waals surface area contributed by atoms with Gasteiger partial charge in [0.2, 0.25) is 11.8 Å². The summed E-state index contributed by atoms with van der Waals surface area (Å²) in [6.45, 7) is -1.13. The second kappa shape index (κ2) is 3.85. The SMILES string of the molecule is NC(=O)CNC(=O)C[O]. The molecule has 0 aliphatic carbocycles. The minimum Gasteiger partial charge on any atom is -0.368 e. The highest BCUT2D eigenvalue weighted by atomic mass is 16.3. The van der Waals surface area contributed by atoms with Crippen molar-refractivity contribution in [3.8, 4) is 0 Å². The van der Waals surface area contributed by atoms with Gasteiger partial charge in [0.15, 0.2) is 6.61 Å². The average molecular weight is 131 g/mol. The van der Waals surface area contributed by atoms with Crippen LogP contribution in [0.4, 0.5) is 0 Å². The molecule has 2 amide bonds. The summed E-state index contributed by atoms with van der Waals surface area (Å²) in [5.41, 5.74) is 4.64. The molecule has 0 aliphatic rings. The van der Waals surface area contributed by atoms with Crippen molar-refractivity contribution >= 4 is 11.8 Å². The number of amides is 2. The van der Waals surface area contributed by atoms with Crippen molar-refractivity contribution in [2.45, 2.75) is 0 Å². The summed E-state index contributed by atoms with van der Waals surface area (Å²) in [5, 5.41) is 11.7. The van der Waals surface area contributed by atoms with Crippen molar-refractivity contribution < 1.29 is 14.7 Å². The standard InChI is InChI=1S/C4H7N2O3/c5-3(8)1-6-4(9)2-7/h1-2H2,(H2,5,8)(H,6,9). The normalized spacial score (nSPS) is 8.56. The molecule has 0 fully saturated rings. The molecule has 0 atom stereocenters. The third kappa shape index (κ3) is 4.76. The first-order valence-electron chi connectivity index (χ1n) is 2.30. The van der Waals surface area contributed by atoms with E-state index < -0.39 is 18.4 Å². The van der Waals surface area contributed by atoms with Gasteiger partial charge < -0.3 is 11.1 Å². The Balaban J connectivity index is 3.28. The Bertz CT molecular complexity index is 123. The van der Waals surface area contributed by atoms with Gasteiger partial charge in [-0.15, -0.1) is 0 Å². The Morgan fingerprint density at radius 1 is 1.44 bits per heavy atom. The second-order valence-corrected chi connectivity index (χ2v) is 1.39. The maximum atomic E-state index is 10.1. The van der Waals surface area contributed by atoms with Gasteiger partial charge >= 0.3 is 0 Å². The van der Waals surface area contributed by atoms with Gasteiger partial charge in [-0.3, -0.25) is 9.59 Å². The first-order chi connectivity index (χ1) is 4.16. The van der Waals surface area contributed by atoms with E-state index in [9.17, 15) is 14.7 Å². The molecular weight excluding hydrogens is 124 g/mol. The molecule has 0 aromatic heterocycles. The van der Waals surface area contributed by atoms with Crippen LogP contribution >= 0.6 is 0 Å². The number of rotatable bonds is 3. The number of carbonyl (C=O) groups excluding carboxylic acids is 2. The van der Waals surface area contributed by atoms with E-state index in [1.807, 2.05) is 5.32 Å². The Labute approximate surface area is 51.8 Å². The zero-order chi connectivity index (χ0) is 7.28. The topological polar surface area (TPSA) is 92.1 Å². The highest BCUT2D eigenvalue weighted by Gasteiger charge is 1.98. The molecule has 5 nitrogen and oxygen atoms in total. The van der Waals surface area contributed by atoms with Crippen LogP contribution in [0.2, 0.25) is 0 Å². The average Bonchev–Trinajstić information content (AvgIpc) is 1.83. The van der Waals surface area contributed by atoms with Crippen LogP contribution in [0.3, 0.4) is 0 Å². The largest absolute Gasteiger partial charge is 0.368 e. The van der Waals surface area contributed by atoms with Crippen LogP contribution in [0.5, 0.6) is 0 Å². The minimum atomic E-state index is -0.868. The van der Waals surface area contributed by atoms with Crippen LogP contribution in [-0.2, 0) is 14.7 Å². The van der Waals surface area contributed by atoms with Crippen LogP contribution in [0, 0.1) is 0 Å². The summed E-state index contributed by atoms with van der Waals surface area (Å²) < 4.78 is 0. The molecule has 51 valence electrons. The lowest BCUT2D eigenvalue weighted by Gasteiger charge is -1.95. The van der Waals surface area contributed by atoms with Crippen molar-refractivity contribution in [2.75, 3.05) is 13.2 Å². The first-order valence-corrected chi connectivity index (χ1v) is 2.30. The molecule has 0 saturated heterocycles. The molecule has 0 aromatic rings. The monoisotopic (exact) mass is 131 g/mol. The molecule has 0 rings (SSSR count). The molecule has 5 heteroatoms. The quantitative estimate of drug-likeness (QED) is 0.464. The lowest BCUT2D eigenvalue weighted by atomic mass is 10.5. The Kier molecular flexibility index (Phi) is 3.38. The predicted octanol–water partition coefficient (Wildman–Crippen LogP) is -1.98. The van der Waals surface area contributed by atoms with E-state index in [0.29, 0.717) is 0 Å². The number of nitrogens with one attached hydrogen (secondary N) is 1. The van der Waals surface area contributed by atoms with Crippen molar-refractivity contribution in [3.05, 3.63) is 0 Å². The van der Waals surface area contributed by atoms with Gasteiger partial charge in [0.05, 0.1) is 6.54 Å². The molecule has 0 unspecified atom stereocenters. The highest BCUT2D eigenvalue weighted by molar-refractivity contribution is 5.83. The van der Waals surface area contributed by atoms with E-state index in [1.165, 1.54) is 0 Å². The van der Waals surface area contributed by atoms with E-state index in [4.69, 9.17) is 0 Å². The predicted molar refractivity (Wildman–Crippen MR) is 27.8 cm³/mol. The maximum Gasteiger partial charge on any atom is 0.249 e. The van der Waals surface area contributed by atoms with Crippen molar-refractivity contribution in [1.82, 2.24) is 5.32 Å². The number of carbonyl (C=O) groups is 2. The third-order valence-corrected chi connectivity index (χ3v) is 0.591. The van der Waals surface area contributed by atoms with Crippen LogP contribution in [0.1, 0.15) is 0 Å². The number of primary amides is 1. The zero-order valence-electron chi connectivity index (χ0n) is 4.72. The van der Waals surface area contributed by atoms with Crippen LogP contribution < -0.4 is 11.1 Å². The molecule has 0 saturated carbocycles. The summed E-state index contributed by atoms with van der Waals surface area (Å²) in [7, 11) is 0. The summed E-state index contributed by atoms with van der Waals surface area (Å²) in [6, 6.07) is 0. The van der Waals surface area contributed by atoms with Crippen molar-refractivity contribution in [1.29, 1.82) is 0 Å². The summed E-state index contributed by atoms with van der Waals surface area (Å²) in [4.78, 5) is 20.0. The van der Waals surface area contributed by atoms with E-state index in [-0.39, 0.29) is 6.54 Å². The Hall–Kier alpha value is -1.10. The van der Waals surface area contributed by atoms with Gasteiger partial charge in [-0.2, -0.15) is 0 Å². The van der Waals surface area contributed by atoms with Crippen LogP contribution in [0.15, 0.2) is 0 Å². The third-order valence-electron chi connectivity index (χ3n) is 0.591. The van der Waals surface area contributed by atoms with Gasteiger partial charge in [0, 0.05) is 0 Å². The van der Waals surface area contributed by atoms with Crippen molar-refractivity contribution in [3.63, 3.8) is 0 Å². The van der Waals surface area contributed by atoms with Gasteiger partial charge in [-0.1, -0.05) is 0 Å². The molecule has 0 aliphatic heterocycles. The van der Waals surface area contributed by atoms with E-state index in [1.54, 1.807) is 0 Å². The smallest absolute Gasteiger partial charge is 0.249 e. The molecule has 1 radical (unpaired) electrons. The minimum absolute atomic E-state index is 0.263. The van der Waals surface area contributed by atoms with E-state index in [2.05, 4.69) is 5.73 Å². The zero-order valence-corrected chi connectivity index (χ0v) is 4.72. The lowest BCUT2D eigenvalue weighted by molar-refractivity contribution is -0.128. The highest BCUT2D eigenvalue weighted by Crippen LogP contribution is 1.61. The number of hydrogen-bond donors (Lipinski definition) is 2. The summed E-state index contributed by atoms with van der Waals surface area (Å²) in [5.74, 6) is -1.37. The Morgan fingerprint density at radius 3 is 2.33 bits per heavy atom. The maximum absolute atomic E-state index is 10.1. The molecule has 0 aromatic carbocycles. The van der Waals surface area contributed by atoms with Gasteiger partial charge in [0.1, 0.15) is 0 Å². The molecule has 0 heterocycles. The molecule has 9 heavy (non-hydrogen) atoms. The van der Waals surface area contributed by atoms with Gasteiger partial charge in [-0.25, -0.2) is 5.11 Å². The molecular formula is C4H7N2O3. The van der Waals surface area contributed by atoms with E-state index >= 15 is 0 Å². The molecule has 0 spiro atoms. The lowest BCUT2D eigenvalue weighted by Crippen LogP contribution is -2.34. The van der Waals surface area contributed by atoms with Gasteiger partial charge in [-0.05, 0) is 0 Å². The van der Waals surface area contributed by atoms with Crippen LogP contribution in [0.25, 0.3) is 0 Å². The number of nitrogens with two attached hydrogens (primary N) is 1. The molecule has 0 bridgehead atoms. The Morgan fingerprint density at radius 2 is 2.00 bits per heavy atom. The fraction of sp³-hybridized carbons (Fsp3) is 0.500. The molecule has 3 N–H and O–H groups in total. The second-order valence-electron chi connectivity index (χ2n) is 1.39. The van der Waals surface area contributed by atoms with Crippen LogP contribution in [-0.4, -0.2) is 25.0 Å². The first kappa shape index (κ1) is 7.90. The van der Waals surface area contributed by atoms with E-state index in [0.717, 1.165) is 0 Å². The summed E-state index contributed by atoms with van der Waals surface area (Å²) in [6.07, 6.45) is 0. The number of hydrogen-bond acceptors (Lipinski definition) is 2. The van der Waals surface area contributed by atoms with Gasteiger partial charge in [0.25, 0.3) is 0 Å². The fourth-order valence-electron chi connectivity index (χ4n) is 0.237. The summed E-state index contributed by atoms with van der Waals surface area (Å²) >= 11 is 0.